The van der Waals surface area contributed by atoms with E-state index in [1.807, 2.05) is 6.07 Å². The van der Waals surface area contributed by atoms with E-state index in [-0.39, 0.29) is 12.5 Å². The highest BCUT2D eigenvalue weighted by Gasteiger charge is 2.15. The molecule has 1 N–H and O–H groups in total. The number of ether oxygens (including phenoxy) is 3. The molecule has 112 valence electrons. The van der Waals surface area contributed by atoms with E-state index in [4.69, 9.17) is 18.7 Å². The van der Waals surface area contributed by atoms with E-state index in [1.54, 1.807) is 33.3 Å². The van der Waals surface area contributed by atoms with Gasteiger partial charge in [0.2, 0.25) is 5.88 Å². The molecule has 0 fully saturated rings. The number of carbonyl (C=O) groups excluding carboxylic acids is 1. The van der Waals surface area contributed by atoms with E-state index in [2.05, 4.69) is 10.5 Å². The molecule has 0 atom stereocenters. The molecule has 0 radical (unpaired) electrons. The Morgan fingerprint density at radius 1 is 1.29 bits per heavy atom. The van der Waals surface area contributed by atoms with Gasteiger partial charge in [0.05, 0.1) is 32.6 Å². The molecule has 21 heavy (non-hydrogen) atoms. The molecule has 0 saturated carbocycles. The van der Waals surface area contributed by atoms with E-state index < -0.39 is 6.09 Å². The number of amides is 1. The predicted octanol–water partition coefficient (Wildman–Crippen LogP) is 2.93. The average molecular weight is 292 g/mol. The number of hydrogen-bond donors (Lipinski definition) is 1. The molecule has 1 amide bonds. The molecule has 0 aliphatic heterocycles. The molecule has 1 heterocycles. The maximum Gasteiger partial charge on any atom is 0.414 e. The van der Waals surface area contributed by atoms with Crippen molar-refractivity contribution in [3.8, 4) is 22.6 Å². The van der Waals surface area contributed by atoms with E-state index in [1.165, 1.54) is 6.20 Å². The quantitative estimate of drug-likeness (QED) is 0.912. The molecule has 0 unspecified atom stereocenters. The van der Waals surface area contributed by atoms with Gasteiger partial charge in [-0.15, -0.1) is 0 Å². The highest BCUT2D eigenvalue weighted by molar-refractivity contribution is 5.88. The molecule has 2 aromatic rings. The summed E-state index contributed by atoms with van der Waals surface area (Å²) in [7, 11) is 3.11. The molecular weight excluding hydrogens is 276 g/mol. The van der Waals surface area contributed by atoms with Gasteiger partial charge in [-0.3, -0.25) is 5.32 Å². The largest absolute Gasteiger partial charge is 0.493 e. The first-order valence-corrected chi connectivity index (χ1v) is 6.30. The van der Waals surface area contributed by atoms with Crippen molar-refractivity contribution in [3.63, 3.8) is 0 Å². The Balaban J connectivity index is 2.30. The van der Waals surface area contributed by atoms with E-state index in [0.29, 0.717) is 17.1 Å². The summed E-state index contributed by atoms with van der Waals surface area (Å²) in [6, 6.07) is 5.33. The van der Waals surface area contributed by atoms with Gasteiger partial charge in [0.15, 0.2) is 11.5 Å². The van der Waals surface area contributed by atoms with Crippen LogP contribution in [0.4, 0.5) is 10.7 Å². The maximum absolute atomic E-state index is 11.5. The van der Waals surface area contributed by atoms with Crippen LogP contribution < -0.4 is 14.8 Å². The average Bonchev–Trinajstić information content (AvgIpc) is 2.94. The summed E-state index contributed by atoms with van der Waals surface area (Å²) in [6.07, 6.45) is 0.902. The zero-order valence-electron chi connectivity index (χ0n) is 12.0. The van der Waals surface area contributed by atoms with Crippen molar-refractivity contribution in [2.24, 2.45) is 0 Å². The lowest BCUT2D eigenvalue weighted by Crippen LogP contribution is -2.13. The van der Waals surface area contributed by atoms with Crippen molar-refractivity contribution in [3.05, 3.63) is 24.4 Å². The second kappa shape index (κ2) is 6.65. The van der Waals surface area contributed by atoms with Gasteiger partial charge in [0.25, 0.3) is 0 Å². The summed E-state index contributed by atoms with van der Waals surface area (Å²) in [4.78, 5) is 11.5. The van der Waals surface area contributed by atoms with Crippen LogP contribution in [0.15, 0.2) is 28.9 Å². The first-order chi connectivity index (χ1) is 10.2. The Kier molecular flexibility index (Phi) is 4.65. The second-order valence-corrected chi connectivity index (χ2v) is 3.98. The number of nitrogens with zero attached hydrogens (tertiary/aromatic N) is 1. The molecule has 0 aliphatic carbocycles. The van der Waals surface area contributed by atoms with Gasteiger partial charge < -0.3 is 18.7 Å². The molecule has 0 spiro atoms. The number of methoxy groups -OCH3 is 2. The van der Waals surface area contributed by atoms with Crippen LogP contribution >= 0.6 is 0 Å². The van der Waals surface area contributed by atoms with Crippen molar-refractivity contribution in [1.82, 2.24) is 5.16 Å². The highest BCUT2D eigenvalue weighted by Crippen LogP contribution is 2.35. The van der Waals surface area contributed by atoms with E-state index in [0.717, 1.165) is 5.56 Å². The highest BCUT2D eigenvalue weighted by atomic mass is 16.6. The maximum atomic E-state index is 11.5. The molecule has 1 aromatic carbocycles. The third kappa shape index (κ3) is 3.25. The van der Waals surface area contributed by atoms with Crippen molar-refractivity contribution in [1.29, 1.82) is 0 Å². The smallest absolute Gasteiger partial charge is 0.414 e. The summed E-state index contributed by atoms with van der Waals surface area (Å²) in [5, 5.41) is 6.19. The lowest BCUT2D eigenvalue weighted by Gasteiger charge is -2.09. The number of aromatic nitrogens is 1. The summed E-state index contributed by atoms with van der Waals surface area (Å²) >= 11 is 0. The fourth-order valence-corrected chi connectivity index (χ4v) is 1.80. The van der Waals surface area contributed by atoms with Crippen LogP contribution in [0.3, 0.4) is 0 Å². The third-order valence-corrected chi connectivity index (χ3v) is 2.76. The Morgan fingerprint density at radius 3 is 2.71 bits per heavy atom. The summed E-state index contributed by atoms with van der Waals surface area (Å²) < 4.78 is 20.3. The number of nitrogens with one attached hydrogen (secondary N) is 1. The molecule has 7 heteroatoms. The van der Waals surface area contributed by atoms with Crippen LogP contribution in [0.2, 0.25) is 0 Å². The molecule has 7 nitrogen and oxygen atoms in total. The Morgan fingerprint density at radius 2 is 2.05 bits per heavy atom. The van der Waals surface area contributed by atoms with Gasteiger partial charge in [-0.05, 0) is 24.6 Å². The predicted molar refractivity (Wildman–Crippen MR) is 75.7 cm³/mol. The van der Waals surface area contributed by atoms with Crippen LogP contribution in [0.5, 0.6) is 11.5 Å². The molecule has 0 bridgehead atoms. The first kappa shape index (κ1) is 14.7. The first-order valence-electron chi connectivity index (χ1n) is 6.30. The van der Waals surface area contributed by atoms with Crippen molar-refractivity contribution in [2.75, 3.05) is 26.1 Å². The van der Waals surface area contributed by atoms with E-state index in [9.17, 15) is 4.79 Å². The van der Waals surface area contributed by atoms with Gasteiger partial charge in [-0.1, -0.05) is 11.2 Å². The monoisotopic (exact) mass is 292 g/mol. The number of benzene rings is 1. The Labute approximate surface area is 121 Å². The Bertz CT molecular complexity index is 624. The summed E-state index contributed by atoms with van der Waals surface area (Å²) in [5.41, 5.74) is 1.38. The van der Waals surface area contributed by atoms with Crippen LogP contribution in [0.25, 0.3) is 11.1 Å². The zero-order valence-corrected chi connectivity index (χ0v) is 12.0. The van der Waals surface area contributed by atoms with Gasteiger partial charge in [-0.2, -0.15) is 0 Å². The fraction of sp³-hybridized carbons (Fsp3) is 0.286. The number of carbonyl (C=O) groups is 1. The van der Waals surface area contributed by atoms with Crippen molar-refractivity contribution < 1.29 is 23.5 Å². The van der Waals surface area contributed by atoms with Crippen molar-refractivity contribution in [2.45, 2.75) is 6.92 Å². The Hall–Kier alpha value is -2.70. The van der Waals surface area contributed by atoms with Gasteiger partial charge in [0.1, 0.15) is 0 Å². The number of hydrogen-bond acceptors (Lipinski definition) is 6. The van der Waals surface area contributed by atoms with Gasteiger partial charge in [0, 0.05) is 0 Å². The lowest BCUT2D eigenvalue weighted by molar-refractivity contribution is 0.167. The third-order valence-electron chi connectivity index (χ3n) is 2.76. The lowest BCUT2D eigenvalue weighted by atomic mass is 10.1. The van der Waals surface area contributed by atoms with Crippen LogP contribution in [0, 0.1) is 0 Å². The van der Waals surface area contributed by atoms with Crippen LogP contribution in [-0.2, 0) is 4.74 Å². The second-order valence-electron chi connectivity index (χ2n) is 3.98. The SMILES string of the molecule is CCOC(=O)Nc1oncc1-c1ccc(OC)c(OC)c1. The topological polar surface area (TPSA) is 82.8 Å². The standard InChI is InChI=1S/C14H16N2O5/c1-4-20-14(17)16-13-10(8-15-21-13)9-5-6-11(18-2)12(7-9)19-3/h5-8H,4H2,1-3H3,(H,16,17). The number of anilines is 1. The molecular formula is C14H16N2O5. The van der Waals surface area contributed by atoms with Gasteiger partial charge >= 0.3 is 6.09 Å². The van der Waals surface area contributed by atoms with Crippen LogP contribution in [-0.4, -0.2) is 32.1 Å². The molecule has 1 aromatic heterocycles. The fourth-order valence-electron chi connectivity index (χ4n) is 1.80. The van der Waals surface area contributed by atoms with E-state index >= 15 is 0 Å². The van der Waals surface area contributed by atoms with Gasteiger partial charge in [-0.25, -0.2) is 4.79 Å². The summed E-state index contributed by atoms with van der Waals surface area (Å²) in [6.45, 7) is 1.99. The minimum Gasteiger partial charge on any atom is -0.493 e. The minimum atomic E-state index is -0.601. The normalized spacial score (nSPS) is 10.0. The summed E-state index contributed by atoms with van der Waals surface area (Å²) in [5.74, 6) is 1.39. The van der Waals surface area contributed by atoms with Crippen LogP contribution in [0.1, 0.15) is 6.92 Å². The molecule has 2 rings (SSSR count). The molecule has 0 aliphatic rings. The zero-order chi connectivity index (χ0) is 15.2. The molecule has 0 saturated heterocycles. The van der Waals surface area contributed by atoms with Crippen molar-refractivity contribution >= 4 is 12.0 Å². The minimum absolute atomic E-state index is 0.209. The number of rotatable bonds is 5.